The monoisotopic (exact) mass is 377 g/mol. The van der Waals surface area contributed by atoms with Crippen molar-refractivity contribution in [1.29, 1.82) is 0 Å². The maximum atomic E-state index is 6.44. The Labute approximate surface area is 168 Å². The highest BCUT2D eigenvalue weighted by molar-refractivity contribution is 5.45. The zero-order valence-electron chi connectivity index (χ0n) is 17.8. The molecule has 4 nitrogen and oxygen atoms in total. The van der Waals surface area contributed by atoms with Gasteiger partial charge in [-0.1, -0.05) is 53.8 Å². The first-order valence-corrected chi connectivity index (χ1v) is 10.3. The molecule has 0 radical (unpaired) electrons. The highest BCUT2D eigenvalue weighted by atomic mass is 16.5. The molecule has 4 rings (SSSR count). The van der Waals surface area contributed by atoms with Crippen LogP contribution in [0, 0.1) is 0 Å². The Morgan fingerprint density at radius 1 is 1.04 bits per heavy atom. The third kappa shape index (κ3) is 2.95. The molecule has 0 aromatic heterocycles. The fourth-order valence-corrected chi connectivity index (χ4v) is 4.87. The molecule has 0 amide bonds. The second kappa shape index (κ2) is 6.70. The molecule has 1 aliphatic heterocycles. The molecule has 1 heterocycles. The van der Waals surface area contributed by atoms with Crippen LogP contribution in [0.1, 0.15) is 75.9 Å². The van der Waals surface area contributed by atoms with E-state index < -0.39 is 0 Å². The number of benzene rings is 2. The predicted molar refractivity (Wildman–Crippen MR) is 112 cm³/mol. The fourth-order valence-electron chi connectivity index (χ4n) is 4.87. The summed E-state index contributed by atoms with van der Waals surface area (Å²) < 4.78 is 6.44. The first-order valence-electron chi connectivity index (χ1n) is 10.3. The van der Waals surface area contributed by atoms with Crippen LogP contribution < -0.4 is 0 Å². The number of ether oxygens (including phenoxy) is 1. The number of rotatable bonds is 2. The summed E-state index contributed by atoms with van der Waals surface area (Å²) in [6.07, 6.45) is 1.02. The SMILES string of the molecule is CC(C)OC1Cc2ccccc2C2N=NN(C(C)(C)C)C2(C)c2ccccc21. The van der Waals surface area contributed by atoms with E-state index in [1.807, 2.05) is 0 Å². The molecule has 2 aromatic rings. The molecule has 0 saturated carbocycles. The van der Waals surface area contributed by atoms with Gasteiger partial charge in [0, 0.05) is 6.42 Å². The standard InChI is InChI=1S/C24H31N3O/c1-16(2)28-21-15-17-11-7-8-12-18(17)22-24(6,20-14-10-9-13-19(20)21)27(26-25-22)23(3,4)5/h7-14,16,21-22H,15H2,1-6H3. The van der Waals surface area contributed by atoms with Gasteiger partial charge in [0.05, 0.1) is 17.7 Å². The first kappa shape index (κ1) is 19.1. The molecule has 2 aliphatic rings. The van der Waals surface area contributed by atoms with E-state index in [4.69, 9.17) is 15.1 Å². The van der Waals surface area contributed by atoms with Gasteiger partial charge in [0.1, 0.15) is 11.6 Å². The Kier molecular flexibility index (Phi) is 4.58. The normalized spacial score (nSPS) is 26.5. The van der Waals surface area contributed by atoms with E-state index in [1.165, 1.54) is 22.3 Å². The lowest BCUT2D eigenvalue weighted by molar-refractivity contribution is -0.00495. The summed E-state index contributed by atoms with van der Waals surface area (Å²) in [6.45, 7) is 13.1. The van der Waals surface area contributed by atoms with E-state index in [0.717, 1.165) is 6.42 Å². The van der Waals surface area contributed by atoms with Crippen molar-refractivity contribution in [3.8, 4) is 0 Å². The minimum absolute atomic E-state index is 0.0116. The van der Waals surface area contributed by atoms with Crippen LogP contribution in [0.2, 0.25) is 0 Å². The molecule has 1 aliphatic carbocycles. The van der Waals surface area contributed by atoms with Gasteiger partial charge in [-0.05, 0) is 63.8 Å². The van der Waals surface area contributed by atoms with E-state index in [9.17, 15) is 0 Å². The van der Waals surface area contributed by atoms with Gasteiger partial charge in [-0.25, -0.2) is 0 Å². The first-order chi connectivity index (χ1) is 13.2. The number of hydrogen-bond donors (Lipinski definition) is 0. The highest BCUT2D eigenvalue weighted by Gasteiger charge is 2.53. The molecule has 28 heavy (non-hydrogen) atoms. The van der Waals surface area contributed by atoms with Crippen molar-refractivity contribution in [3.63, 3.8) is 0 Å². The number of hydrogen-bond acceptors (Lipinski definition) is 4. The van der Waals surface area contributed by atoms with Gasteiger partial charge < -0.3 is 4.74 Å². The second-order valence-corrected chi connectivity index (χ2v) is 9.40. The van der Waals surface area contributed by atoms with Crippen molar-refractivity contribution in [2.75, 3.05) is 0 Å². The summed E-state index contributed by atoms with van der Waals surface area (Å²) in [5.41, 5.74) is 4.55. The van der Waals surface area contributed by atoms with Crippen molar-refractivity contribution in [1.82, 2.24) is 5.01 Å². The summed E-state index contributed by atoms with van der Waals surface area (Å²) in [5.74, 6) is 0. The van der Waals surface area contributed by atoms with Crippen molar-refractivity contribution < 1.29 is 4.74 Å². The zero-order chi connectivity index (χ0) is 20.1. The molecule has 0 saturated heterocycles. The minimum atomic E-state index is -0.371. The van der Waals surface area contributed by atoms with Crippen LogP contribution >= 0.6 is 0 Å². The van der Waals surface area contributed by atoms with Crippen LogP contribution in [-0.4, -0.2) is 16.7 Å². The Morgan fingerprint density at radius 2 is 1.68 bits per heavy atom. The quantitative estimate of drug-likeness (QED) is 0.630. The van der Waals surface area contributed by atoms with E-state index in [1.54, 1.807) is 0 Å². The van der Waals surface area contributed by atoms with Gasteiger partial charge in [-0.15, -0.1) is 0 Å². The topological polar surface area (TPSA) is 37.2 Å². The maximum absolute atomic E-state index is 6.44. The summed E-state index contributed by atoms with van der Waals surface area (Å²) in [5, 5.41) is 11.7. The van der Waals surface area contributed by atoms with Crippen LogP contribution in [0.15, 0.2) is 58.9 Å². The molecular weight excluding hydrogens is 346 g/mol. The molecule has 2 aromatic carbocycles. The van der Waals surface area contributed by atoms with Crippen LogP contribution in [0.3, 0.4) is 0 Å². The Bertz CT molecular complexity index is 899. The summed E-state index contributed by atoms with van der Waals surface area (Å²) >= 11 is 0. The highest BCUT2D eigenvalue weighted by Crippen LogP contribution is 2.54. The number of nitrogens with zero attached hydrogens (tertiary/aromatic N) is 3. The summed E-state index contributed by atoms with van der Waals surface area (Å²) in [6, 6.07) is 17.3. The lowest BCUT2D eigenvalue weighted by Crippen LogP contribution is -2.51. The van der Waals surface area contributed by atoms with Gasteiger partial charge in [-0.3, -0.25) is 5.01 Å². The van der Waals surface area contributed by atoms with E-state index in [2.05, 4.69) is 95.1 Å². The summed E-state index contributed by atoms with van der Waals surface area (Å²) in [4.78, 5) is 0. The second-order valence-electron chi connectivity index (χ2n) is 9.40. The van der Waals surface area contributed by atoms with E-state index >= 15 is 0 Å². The largest absolute Gasteiger partial charge is 0.371 e. The Morgan fingerprint density at radius 3 is 2.36 bits per heavy atom. The minimum Gasteiger partial charge on any atom is -0.371 e. The molecule has 0 bridgehead atoms. The maximum Gasteiger partial charge on any atom is 0.127 e. The summed E-state index contributed by atoms with van der Waals surface area (Å²) in [7, 11) is 0. The molecule has 148 valence electrons. The molecule has 3 unspecified atom stereocenters. The molecule has 0 N–H and O–H groups in total. The lowest BCUT2D eigenvalue weighted by Gasteiger charge is -2.46. The van der Waals surface area contributed by atoms with Gasteiger partial charge >= 0.3 is 0 Å². The molecule has 0 spiro atoms. The third-order valence-corrected chi connectivity index (χ3v) is 5.91. The van der Waals surface area contributed by atoms with Gasteiger partial charge in [0.2, 0.25) is 0 Å². The van der Waals surface area contributed by atoms with Gasteiger partial charge in [0.25, 0.3) is 0 Å². The van der Waals surface area contributed by atoms with E-state index in [-0.39, 0.29) is 29.3 Å². The zero-order valence-corrected chi connectivity index (χ0v) is 17.8. The lowest BCUT2D eigenvalue weighted by atomic mass is 9.72. The van der Waals surface area contributed by atoms with Crippen molar-refractivity contribution in [2.24, 2.45) is 10.3 Å². The van der Waals surface area contributed by atoms with E-state index in [0.29, 0.717) is 0 Å². The average molecular weight is 378 g/mol. The van der Waals surface area contributed by atoms with Crippen LogP contribution in [0.5, 0.6) is 0 Å². The smallest absolute Gasteiger partial charge is 0.127 e. The predicted octanol–water partition coefficient (Wildman–Crippen LogP) is 6.15. The number of fused-ring (bicyclic) bond motifs is 5. The van der Waals surface area contributed by atoms with Gasteiger partial charge in [0.15, 0.2) is 0 Å². The van der Waals surface area contributed by atoms with Crippen molar-refractivity contribution >= 4 is 0 Å². The Hall–Kier alpha value is -2.20. The molecular formula is C24H31N3O. The van der Waals surface area contributed by atoms with Crippen LogP contribution in [0.4, 0.5) is 0 Å². The van der Waals surface area contributed by atoms with Gasteiger partial charge in [-0.2, -0.15) is 5.11 Å². The molecule has 3 atom stereocenters. The van der Waals surface area contributed by atoms with Crippen LogP contribution in [-0.2, 0) is 16.7 Å². The third-order valence-electron chi connectivity index (χ3n) is 5.91. The van der Waals surface area contributed by atoms with Crippen molar-refractivity contribution in [2.45, 2.75) is 77.3 Å². The molecule has 0 fully saturated rings. The fraction of sp³-hybridized carbons (Fsp3) is 0.500. The van der Waals surface area contributed by atoms with Crippen molar-refractivity contribution in [3.05, 3.63) is 70.8 Å². The Balaban J connectivity index is 1.99. The molecule has 4 heteroatoms. The average Bonchev–Trinajstić information content (AvgIpc) is 2.98. The van der Waals surface area contributed by atoms with Crippen LogP contribution in [0.25, 0.3) is 0 Å².